The minimum atomic E-state index is -2.27. The molecule has 55 heavy (non-hydrogen) atoms. The second kappa shape index (κ2) is 14.7. The first kappa shape index (κ1) is 38.5. The number of carbonyl (C=O) groups excluding carboxylic acids is 4. The molecule has 21 heteroatoms. The molecule has 5 rings (SSSR count). The molecule has 0 saturated carbocycles. The minimum Gasteiger partial charge on any atom is -0.504 e. The number of carbonyl (C=O) groups is 4. The van der Waals surface area contributed by atoms with Gasteiger partial charge in [-0.15, -0.1) is 0 Å². The van der Waals surface area contributed by atoms with E-state index in [1.54, 1.807) is 0 Å². The maximum absolute atomic E-state index is 13.5. The predicted octanol–water partition coefficient (Wildman–Crippen LogP) is 1.73. The van der Waals surface area contributed by atoms with E-state index < -0.39 is 146 Å². The van der Waals surface area contributed by atoms with Crippen molar-refractivity contribution < 1.29 is 104 Å². The van der Waals surface area contributed by atoms with Gasteiger partial charge in [0.15, 0.2) is 81.2 Å². The quantitative estimate of drug-likeness (QED) is 0.0689. The maximum Gasteiger partial charge on any atom is 0.340 e. The van der Waals surface area contributed by atoms with Gasteiger partial charge in [0.2, 0.25) is 12.4 Å². The van der Waals surface area contributed by atoms with Gasteiger partial charge >= 0.3 is 23.9 Å². The summed E-state index contributed by atoms with van der Waals surface area (Å²) in [4.78, 5) is 53.6. The number of hydrogen-bond donors (Lipinski definition) is 12. The van der Waals surface area contributed by atoms with Crippen LogP contribution in [0.25, 0.3) is 0 Å². The molecule has 1 fully saturated rings. The van der Waals surface area contributed by atoms with Crippen molar-refractivity contribution >= 4 is 23.9 Å². The number of rotatable bonds is 8. The molecule has 4 aromatic rings. The Balaban J connectivity index is 1.61. The monoisotopic (exact) mass is 772 g/mol. The number of esters is 4. The van der Waals surface area contributed by atoms with Crippen LogP contribution in [0.5, 0.6) is 69.0 Å². The number of hydrogen-bond acceptors (Lipinski definition) is 21. The smallest absolute Gasteiger partial charge is 0.340 e. The molecule has 1 aliphatic heterocycles. The van der Waals surface area contributed by atoms with E-state index in [0.29, 0.717) is 48.5 Å². The van der Waals surface area contributed by atoms with Gasteiger partial charge in [0.05, 0.1) is 28.4 Å². The van der Waals surface area contributed by atoms with E-state index in [4.69, 9.17) is 23.7 Å². The lowest BCUT2D eigenvalue weighted by Crippen LogP contribution is -2.61. The third-order valence-electron chi connectivity index (χ3n) is 7.90. The summed E-state index contributed by atoms with van der Waals surface area (Å²) < 4.78 is 27.6. The highest BCUT2D eigenvalue weighted by atomic mass is 16.7. The summed E-state index contributed by atoms with van der Waals surface area (Å²) in [5.74, 6) is -17.9. The molecule has 0 radical (unpaired) electrons. The van der Waals surface area contributed by atoms with E-state index in [0.717, 1.165) is 6.92 Å². The van der Waals surface area contributed by atoms with Gasteiger partial charge in [-0.2, -0.15) is 0 Å². The standard InChI is InChI=1S/C34H28O21/c1-10-27(52-30(47)11-2-15(35)23(43)16(36)3-11)28(53-31(48)12-4-17(37)24(44)18(38)5-12)29(54-32(49)13-6-19(39)25(45)20(40)7-13)34(51-10)55-33(50)14-8-21(41)26(46)22(42)9-14/h2-10,27-29,34-46H,1H3/t10-,27-,28+,29-,34+/m1/s1. The van der Waals surface area contributed by atoms with E-state index in [1.807, 2.05) is 0 Å². The molecule has 1 heterocycles. The first-order chi connectivity index (χ1) is 25.8. The Morgan fingerprint density at radius 3 is 0.927 bits per heavy atom. The number of aromatic hydroxyl groups is 12. The van der Waals surface area contributed by atoms with Crippen molar-refractivity contribution in [2.45, 2.75) is 37.6 Å². The predicted molar refractivity (Wildman–Crippen MR) is 173 cm³/mol. The van der Waals surface area contributed by atoms with E-state index in [9.17, 15) is 80.5 Å². The van der Waals surface area contributed by atoms with Gasteiger partial charge in [0, 0.05) is 0 Å². The summed E-state index contributed by atoms with van der Waals surface area (Å²) in [6, 6.07) is 5.16. The Bertz CT molecular complexity index is 2120. The highest BCUT2D eigenvalue weighted by Crippen LogP contribution is 2.40. The van der Waals surface area contributed by atoms with Crippen molar-refractivity contribution in [3.63, 3.8) is 0 Å². The molecule has 4 aromatic carbocycles. The SMILES string of the molecule is C[C@H]1O[C@@H](OC(=O)c2cc(O)c(O)c(O)c2)[C@H](OC(=O)c2cc(O)c(O)c(O)c2)[C@@H](OC(=O)c2cc(O)c(O)c(O)c2)[C@@H]1OC(=O)c1cc(O)c(O)c(O)c1. The van der Waals surface area contributed by atoms with Crippen LogP contribution in [0, 0.1) is 0 Å². The average Bonchev–Trinajstić information content (AvgIpc) is 3.12. The van der Waals surface area contributed by atoms with Gasteiger partial charge in [-0.25, -0.2) is 19.2 Å². The zero-order valence-corrected chi connectivity index (χ0v) is 27.5. The van der Waals surface area contributed by atoms with Crippen LogP contribution in [-0.4, -0.2) is 116 Å². The van der Waals surface area contributed by atoms with Crippen molar-refractivity contribution in [3.8, 4) is 69.0 Å². The highest BCUT2D eigenvalue weighted by molar-refractivity contribution is 5.94. The fourth-order valence-corrected chi connectivity index (χ4v) is 5.13. The first-order valence-corrected chi connectivity index (χ1v) is 15.3. The van der Waals surface area contributed by atoms with E-state index >= 15 is 0 Å². The van der Waals surface area contributed by atoms with Crippen molar-refractivity contribution in [2.75, 3.05) is 0 Å². The molecular weight excluding hydrogens is 744 g/mol. The zero-order valence-electron chi connectivity index (χ0n) is 27.5. The van der Waals surface area contributed by atoms with Crippen LogP contribution >= 0.6 is 0 Å². The summed E-state index contributed by atoms with van der Waals surface area (Å²) >= 11 is 0. The van der Waals surface area contributed by atoms with Gasteiger partial charge in [0.25, 0.3) is 0 Å². The molecule has 21 nitrogen and oxygen atoms in total. The molecule has 290 valence electrons. The van der Waals surface area contributed by atoms with Crippen LogP contribution in [0.15, 0.2) is 48.5 Å². The largest absolute Gasteiger partial charge is 0.504 e. The van der Waals surface area contributed by atoms with Crippen molar-refractivity contribution in [2.24, 2.45) is 0 Å². The Labute approximate surface area is 305 Å². The van der Waals surface area contributed by atoms with Crippen LogP contribution in [0.3, 0.4) is 0 Å². The number of benzene rings is 4. The summed E-state index contributed by atoms with van der Waals surface area (Å²) in [5, 5.41) is 119. The molecule has 5 atom stereocenters. The van der Waals surface area contributed by atoms with Crippen molar-refractivity contribution in [1.82, 2.24) is 0 Å². The average molecular weight is 773 g/mol. The summed E-state index contributed by atoms with van der Waals surface area (Å²) in [6.07, 6.45) is -10.2. The Morgan fingerprint density at radius 2 is 0.636 bits per heavy atom. The van der Waals surface area contributed by atoms with Gasteiger partial charge in [0.1, 0.15) is 0 Å². The van der Waals surface area contributed by atoms with Crippen LogP contribution in [0.2, 0.25) is 0 Å². The molecule has 0 aliphatic carbocycles. The number of ether oxygens (including phenoxy) is 5. The van der Waals surface area contributed by atoms with Gasteiger partial charge < -0.3 is 85.0 Å². The van der Waals surface area contributed by atoms with E-state index in [-0.39, 0.29) is 0 Å². The molecular formula is C34H28O21. The van der Waals surface area contributed by atoms with Crippen LogP contribution < -0.4 is 0 Å². The summed E-state index contributed by atoms with van der Waals surface area (Å²) in [5.41, 5.74) is -2.60. The zero-order chi connectivity index (χ0) is 40.6. The number of phenolic OH excluding ortho intramolecular Hbond substituents is 12. The lowest BCUT2D eigenvalue weighted by Gasteiger charge is -2.43. The molecule has 0 amide bonds. The Hall–Kier alpha value is -7.68. The van der Waals surface area contributed by atoms with Gasteiger partial charge in [-0.1, -0.05) is 0 Å². The third-order valence-corrected chi connectivity index (χ3v) is 7.90. The summed E-state index contributed by atoms with van der Waals surface area (Å²) in [6.45, 7) is 1.16. The summed E-state index contributed by atoms with van der Waals surface area (Å²) in [7, 11) is 0. The number of phenols is 12. The molecule has 0 spiro atoms. The Kier molecular flexibility index (Phi) is 10.3. The lowest BCUT2D eigenvalue weighted by molar-refractivity contribution is -0.274. The molecule has 1 saturated heterocycles. The fourth-order valence-electron chi connectivity index (χ4n) is 5.13. The minimum absolute atomic E-state index is 0.609. The fraction of sp³-hybridized carbons (Fsp3) is 0.176. The van der Waals surface area contributed by atoms with Crippen LogP contribution in [0.4, 0.5) is 0 Å². The van der Waals surface area contributed by atoms with Crippen LogP contribution in [-0.2, 0) is 23.7 Å². The molecule has 12 N–H and O–H groups in total. The topological polar surface area (TPSA) is 357 Å². The first-order valence-electron chi connectivity index (χ1n) is 15.3. The molecule has 0 unspecified atom stereocenters. The van der Waals surface area contributed by atoms with Crippen LogP contribution in [0.1, 0.15) is 48.4 Å². The second-order valence-corrected chi connectivity index (χ2v) is 11.7. The van der Waals surface area contributed by atoms with E-state index in [2.05, 4.69) is 0 Å². The molecule has 1 aliphatic rings. The maximum atomic E-state index is 13.5. The third kappa shape index (κ3) is 7.75. The van der Waals surface area contributed by atoms with Gasteiger partial charge in [-0.05, 0) is 55.5 Å². The normalized spacial score (nSPS) is 19.2. The Morgan fingerprint density at radius 1 is 0.400 bits per heavy atom. The highest BCUT2D eigenvalue weighted by Gasteiger charge is 2.53. The molecule has 0 aromatic heterocycles. The molecule has 0 bridgehead atoms. The second-order valence-electron chi connectivity index (χ2n) is 11.7. The van der Waals surface area contributed by atoms with Crippen molar-refractivity contribution in [1.29, 1.82) is 0 Å². The van der Waals surface area contributed by atoms with E-state index in [1.165, 1.54) is 0 Å². The van der Waals surface area contributed by atoms with Gasteiger partial charge in [-0.3, -0.25) is 0 Å². The lowest BCUT2D eigenvalue weighted by atomic mass is 9.98. The van der Waals surface area contributed by atoms with Crippen molar-refractivity contribution in [3.05, 3.63) is 70.8 Å².